The molecule has 1 aliphatic rings. The van der Waals surface area contributed by atoms with Crippen LogP contribution >= 0.6 is 11.6 Å². The average Bonchev–Trinajstić information content (AvgIpc) is 2.47. The van der Waals surface area contributed by atoms with Gasteiger partial charge in [0.25, 0.3) is 0 Å². The maximum Gasteiger partial charge on any atom is 0.319 e. The van der Waals surface area contributed by atoms with E-state index in [9.17, 15) is 9.59 Å². The van der Waals surface area contributed by atoms with Crippen LogP contribution in [-0.2, 0) is 4.79 Å². The van der Waals surface area contributed by atoms with Crippen LogP contribution in [0.1, 0.15) is 25.7 Å². The van der Waals surface area contributed by atoms with Gasteiger partial charge in [0, 0.05) is 20.1 Å². The smallest absolute Gasteiger partial charge is 0.319 e. The van der Waals surface area contributed by atoms with Gasteiger partial charge >= 0.3 is 12.0 Å². The number of carbonyl (C=O) groups excluding carboxylic acids is 1. The van der Waals surface area contributed by atoms with Gasteiger partial charge in [-0.2, -0.15) is 0 Å². The lowest BCUT2D eigenvalue weighted by Gasteiger charge is -2.27. The van der Waals surface area contributed by atoms with Crippen molar-refractivity contribution in [2.45, 2.75) is 31.7 Å². The van der Waals surface area contributed by atoms with Crippen LogP contribution in [0.2, 0.25) is 5.02 Å². The predicted molar refractivity (Wildman–Crippen MR) is 91.3 cm³/mol. The summed E-state index contributed by atoms with van der Waals surface area (Å²) in [5.41, 5.74) is 1.39. The molecular weight excluding hydrogens is 318 g/mol. The zero-order chi connectivity index (χ0) is 17.0. The number of carbonyl (C=O) groups is 2. The van der Waals surface area contributed by atoms with Crippen LogP contribution in [0.5, 0.6) is 0 Å². The van der Waals surface area contributed by atoms with E-state index in [1.165, 1.54) is 0 Å². The van der Waals surface area contributed by atoms with Crippen molar-refractivity contribution in [2.75, 3.05) is 24.3 Å². The summed E-state index contributed by atoms with van der Waals surface area (Å²) < 4.78 is 0. The summed E-state index contributed by atoms with van der Waals surface area (Å²) in [6.07, 6.45) is 2.56. The molecule has 1 aromatic rings. The van der Waals surface area contributed by atoms with Crippen molar-refractivity contribution >= 4 is 35.0 Å². The van der Waals surface area contributed by atoms with Gasteiger partial charge in [-0.3, -0.25) is 4.79 Å². The lowest BCUT2D eigenvalue weighted by molar-refractivity contribution is -0.142. The molecule has 0 saturated heterocycles. The van der Waals surface area contributed by atoms with Crippen molar-refractivity contribution in [3.63, 3.8) is 0 Å². The number of para-hydroxylation sites is 1. The van der Waals surface area contributed by atoms with Gasteiger partial charge in [-0.15, -0.1) is 0 Å². The number of amides is 2. The highest BCUT2D eigenvalue weighted by molar-refractivity contribution is 6.34. The summed E-state index contributed by atoms with van der Waals surface area (Å²) in [6, 6.07) is 5.06. The molecule has 7 heteroatoms. The molecule has 0 spiro atoms. The van der Waals surface area contributed by atoms with Crippen LogP contribution in [0.3, 0.4) is 0 Å². The Morgan fingerprint density at radius 2 is 1.87 bits per heavy atom. The predicted octanol–water partition coefficient (Wildman–Crippen LogP) is 3.17. The summed E-state index contributed by atoms with van der Waals surface area (Å²) in [7, 11) is 3.72. The van der Waals surface area contributed by atoms with E-state index >= 15 is 0 Å². The third kappa shape index (κ3) is 4.51. The Labute approximate surface area is 140 Å². The van der Waals surface area contributed by atoms with Crippen molar-refractivity contribution in [2.24, 2.45) is 5.92 Å². The second-order valence-corrected chi connectivity index (χ2v) is 6.42. The fraction of sp³-hybridized carbons (Fsp3) is 0.500. The van der Waals surface area contributed by atoms with E-state index in [1.807, 2.05) is 19.0 Å². The van der Waals surface area contributed by atoms with Crippen LogP contribution in [0.4, 0.5) is 16.2 Å². The number of carboxylic acids is 1. The van der Waals surface area contributed by atoms with Crippen LogP contribution < -0.4 is 15.5 Å². The summed E-state index contributed by atoms with van der Waals surface area (Å²) >= 11 is 6.18. The number of carboxylic acid groups (broad SMARTS) is 1. The molecule has 0 radical (unpaired) electrons. The molecular formula is C16H22ClN3O3. The van der Waals surface area contributed by atoms with Crippen molar-refractivity contribution in [3.05, 3.63) is 23.2 Å². The van der Waals surface area contributed by atoms with Gasteiger partial charge in [0.1, 0.15) is 0 Å². The van der Waals surface area contributed by atoms with E-state index < -0.39 is 5.97 Å². The number of hydrogen-bond acceptors (Lipinski definition) is 3. The molecule has 0 heterocycles. The minimum atomic E-state index is -0.748. The number of aliphatic carboxylic acids is 1. The molecule has 0 aliphatic heterocycles. The third-order valence-corrected chi connectivity index (χ3v) is 4.40. The Hall–Kier alpha value is -1.95. The molecule has 1 fully saturated rings. The molecule has 126 valence electrons. The van der Waals surface area contributed by atoms with Gasteiger partial charge in [0.05, 0.1) is 22.3 Å². The molecule has 3 N–H and O–H groups in total. The third-order valence-electron chi connectivity index (χ3n) is 4.09. The number of nitrogens with zero attached hydrogens (tertiary/aromatic N) is 1. The fourth-order valence-corrected chi connectivity index (χ4v) is 3.24. The first-order valence-corrected chi connectivity index (χ1v) is 8.02. The zero-order valence-electron chi connectivity index (χ0n) is 13.3. The van der Waals surface area contributed by atoms with Gasteiger partial charge in [-0.05, 0) is 37.8 Å². The Morgan fingerprint density at radius 1 is 1.22 bits per heavy atom. The lowest BCUT2D eigenvalue weighted by Crippen LogP contribution is -2.41. The van der Waals surface area contributed by atoms with E-state index in [1.54, 1.807) is 18.2 Å². The highest BCUT2D eigenvalue weighted by Gasteiger charge is 2.26. The minimum Gasteiger partial charge on any atom is -0.481 e. The van der Waals surface area contributed by atoms with E-state index in [-0.39, 0.29) is 18.0 Å². The van der Waals surface area contributed by atoms with Crippen molar-refractivity contribution in [1.82, 2.24) is 5.32 Å². The number of nitrogens with one attached hydrogen (secondary N) is 2. The molecule has 1 aromatic carbocycles. The Kier molecular flexibility index (Phi) is 5.71. The van der Waals surface area contributed by atoms with Crippen LogP contribution in [-0.4, -0.2) is 37.2 Å². The number of benzene rings is 1. The van der Waals surface area contributed by atoms with Gasteiger partial charge in [-0.1, -0.05) is 17.7 Å². The second-order valence-electron chi connectivity index (χ2n) is 6.02. The standard InChI is InChI=1S/C16H22ClN3O3/c1-20(2)14-12(17)4-3-5-13(14)19-16(23)18-11-8-6-10(7-9-11)15(21)22/h3-5,10-11H,6-9H2,1-2H3,(H,21,22)(H2,18,19,23). The molecule has 23 heavy (non-hydrogen) atoms. The van der Waals surface area contributed by atoms with Crippen molar-refractivity contribution < 1.29 is 14.7 Å². The molecule has 0 aromatic heterocycles. The molecule has 1 aliphatic carbocycles. The average molecular weight is 340 g/mol. The maximum atomic E-state index is 12.2. The second kappa shape index (κ2) is 7.55. The minimum absolute atomic E-state index is 0.00703. The molecule has 2 amide bonds. The largest absolute Gasteiger partial charge is 0.481 e. The van der Waals surface area contributed by atoms with E-state index in [4.69, 9.17) is 16.7 Å². The van der Waals surface area contributed by atoms with Gasteiger partial charge < -0.3 is 20.6 Å². The van der Waals surface area contributed by atoms with Crippen LogP contribution in [0.15, 0.2) is 18.2 Å². The molecule has 0 unspecified atom stereocenters. The number of hydrogen-bond donors (Lipinski definition) is 3. The van der Waals surface area contributed by atoms with Crippen LogP contribution in [0, 0.1) is 5.92 Å². The fourth-order valence-electron chi connectivity index (χ4n) is 2.90. The molecule has 0 atom stereocenters. The Bertz CT molecular complexity index is 584. The molecule has 6 nitrogen and oxygen atoms in total. The first kappa shape index (κ1) is 17.4. The number of rotatable bonds is 4. The quantitative estimate of drug-likeness (QED) is 0.787. The van der Waals surface area contributed by atoms with E-state index in [2.05, 4.69) is 10.6 Å². The maximum absolute atomic E-state index is 12.2. The van der Waals surface area contributed by atoms with Crippen LogP contribution in [0.25, 0.3) is 0 Å². The Morgan fingerprint density at radius 3 is 2.43 bits per heavy atom. The monoisotopic (exact) mass is 339 g/mol. The number of halogens is 1. The van der Waals surface area contributed by atoms with Gasteiger partial charge in [-0.25, -0.2) is 4.79 Å². The topological polar surface area (TPSA) is 81.7 Å². The lowest BCUT2D eigenvalue weighted by atomic mass is 9.86. The highest BCUT2D eigenvalue weighted by atomic mass is 35.5. The first-order valence-electron chi connectivity index (χ1n) is 7.64. The summed E-state index contributed by atoms with van der Waals surface area (Å²) in [6.45, 7) is 0. The summed E-state index contributed by atoms with van der Waals surface area (Å²) in [4.78, 5) is 25.0. The van der Waals surface area contributed by atoms with Crippen molar-refractivity contribution in [1.29, 1.82) is 0 Å². The number of anilines is 2. The summed E-state index contributed by atoms with van der Waals surface area (Å²) in [5, 5.41) is 15.3. The molecule has 2 rings (SSSR count). The van der Waals surface area contributed by atoms with Gasteiger partial charge in [0.15, 0.2) is 0 Å². The van der Waals surface area contributed by atoms with E-state index in [0.29, 0.717) is 36.4 Å². The molecule has 0 bridgehead atoms. The van der Waals surface area contributed by atoms with Crippen molar-refractivity contribution in [3.8, 4) is 0 Å². The number of urea groups is 1. The highest BCUT2D eigenvalue weighted by Crippen LogP contribution is 2.32. The van der Waals surface area contributed by atoms with E-state index in [0.717, 1.165) is 5.69 Å². The normalized spacial score (nSPS) is 20.7. The first-order chi connectivity index (χ1) is 10.9. The Balaban J connectivity index is 1.94. The SMILES string of the molecule is CN(C)c1c(Cl)cccc1NC(=O)NC1CCC(C(=O)O)CC1. The summed E-state index contributed by atoms with van der Waals surface area (Å²) in [5.74, 6) is -1.04. The molecule has 1 saturated carbocycles. The zero-order valence-corrected chi connectivity index (χ0v) is 14.1. The van der Waals surface area contributed by atoms with Gasteiger partial charge in [0.2, 0.25) is 0 Å².